The molecule has 1 aliphatic rings. The third kappa shape index (κ3) is 4.42. The van der Waals surface area contributed by atoms with Gasteiger partial charge in [-0.15, -0.1) is 0 Å². The summed E-state index contributed by atoms with van der Waals surface area (Å²) in [5.74, 6) is -0.471. The Hall–Kier alpha value is -2.38. The maximum Gasteiger partial charge on any atom is 0.796 e. The van der Waals surface area contributed by atoms with Crippen LogP contribution in [0.1, 0.15) is 12.0 Å². The van der Waals surface area contributed by atoms with Crippen LogP contribution in [0.3, 0.4) is 0 Å². The number of halogens is 4. The van der Waals surface area contributed by atoms with Gasteiger partial charge in [-0.05, 0) is 30.3 Å². The Kier molecular flexibility index (Phi) is 5.59. The normalized spacial score (nSPS) is 14.1. The molecule has 0 aliphatic carbocycles. The van der Waals surface area contributed by atoms with Crippen molar-refractivity contribution in [3.63, 3.8) is 0 Å². The van der Waals surface area contributed by atoms with Gasteiger partial charge in [0.1, 0.15) is 5.76 Å². The number of aliphatic imine (C=N–C) groups is 1. The molecule has 132 valence electrons. The minimum atomic E-state index is -3.05. The number of rotatable bonds is 4. The second kappa shape index (κ2) is 7.89. The van der Waals surface area contributed by atoms with Crippen LogP contribution in [-0.2, 0) is 9.45 Å². The van der Waals surface area contributed by atoms with E-state index in [2.05, 4.69) is 10.3 Å². The third-order valence-corrected chi connectivity index (χ3v) is 3.95. The SMILES string of the molecule is O=C1CC(C=Nc2cc(Cl)cc(Cl)c2)=C(OB(F)F)c2ccccc2N1. The van der Waals surface area contributed by atoms with E-state index in [1.807, 2.05) is 0 Å². The minimum Gasteiger partial charge on any atom is -0.504 e. The Bertz CT molecular complexity index is 899. The zero-order valence-electron chi connectivity index (χ0n) is 13.2. The Morgan fingerprint density at radius 2 is 1.85 bits per heavy atom. The number of carbonyl (C=O) groups excluding carboxylic acids is 1. The highest BCUT2D eigenvalue weighted by molar-refractivity contribution is 6.36. The fourth-order valence-electron chi connectivity index (χ4n) is 2.51. The second-order valence-electron chi connectivity index (χ2n) is 5.39. The average Bonchev–Trinajstić information content (AvgIpc) is 2.68. The number of hydrogen-bond donors (Lipinski definition) is 1. The predicted molar refractivity (Wildman–Crippen MR) is 100 cm³/mol. The number of carbonyl (C=O) groups is 1. The maximum atomic E-state index is 12.9. The molecule has 1 aliphatic heterocycles. The molecule has 3 rings (SSSR count). The van der Waals surface area contributed by atoms with Gasteiger partial charge in [0.25, 0.3) is 0 Å². The molecule has 1 heterocycles. The second-order valence-corrected chi connectivity index (χ2v) is 6.26. The summed E-state index contributed by atoms with van der Waals surface area (Å²) in [5.41, 5.74) is 1.37. The van der Waals surface area contributed by atoms with Gasteiger partial charge in [0.05, 0.1) is 17.8 Å². The molecule has 0 unspecified atom stereocenters. The van der Waals surface area contributed by atoms with Gasteiger partial charge >= 0.3 is 7.47 Å². The topological polar surface area (TPSA) is 50.7 Å². The Labute approximate surface area is 158 Å². The standard InChI is InChI=1S/C17H11BCl2F2N2O2/c19-11-6-12(20)8-13(7-11)23-9-10-5-16(25)24-15-4-2-1-3-14(15)17(10)26-18(21)22/h1-4,6-9H,5H2,(H,24,25). The molecule has 26 heavy (non-hydrogen) atoms. The lowest BCUT2D eigenvalue weighted by molar-refractivity contribution is -0.115. The molecule has 2 aromatic carbocycles. The van der Waals surface area contributed by atoms with E-state index < -0.39 is 7.47 Å². The van der Waals surface area contributed by atoms with Gasteiger partial charge in [-0.3, -0.25) is 9.79 Å². The summed E-state index contributed by atoms with van der Waals surface area (Å²) in [6.07, 6.45) is 1.13. The lowest BCUT2D eigenvalue weighted by Gasteiger charge is -2.12. The molecule has 2 aromatic rings. The van der Waals surface area contributed by atoms with Gasteiger partial charge in [0.15, 0.2) is 0 Å². The van der Waals surface area contributed by atoms with Crippen molar-refractivity contribution in [3.05, 3.63) is 63.6 Å². The molecule has 9 heteroatoms. The molecule has 0 aromatic heterocycles. The fraction of sp³-hybridized carbons (Fsp3) is 0.0588. The van der Waals surface area contributed by atoms with Crippen LogP contribution < -0.4 is 5.32 Å². The number of nitrogens with one attached hydrogen (secondary N) is 1. The summed E-state index contributed by atoms with van der Waals surface area (Å²) in [4.78, 5) is 16.3. The van der Waals surface area contributed by atoms with E-state index in [1.54, 1.807) is 42.5 Å². The van der Waals surface area contributed by atoms with Crippen molar-refractivity contribution >= 4 is 59.9 Å². The van der Waals surface area contributed by atoms with Crippen molar-refractivity contribution in [2.75, 3.05) is 5.32 Å². The van der Waals surface area contributed by atoms with E-state index in [4.69, 9.17) is 27.9 Å². The third-order valence-electron chi connectivity index (χ3n) is 3.51. The van der Waals surface area contributed by atoms with E-state index in [1.165, 1.54) is 6.21 Å². The zero-order chi connectivity index (χ0) is 18.7. The van der Waals surface area contributed by atoms with Crippen LogP contribution in [0.25, 0.3) is 5.76 Å². The number of hydrogen-bond acceptors (Lipinski definition) is 3. The molecular weight excluding hydrogens is 384 g/mol. The van der Waals surface area contributed by atoms with Crippen LogP contribution in [0.2, 0.25) is 10.0 Å². The molecule has 0 fully saturated rings. The van der Waals surface area contributed by atoms with Crippen molar-refractivity contribution < 1.29 is 18.1 Å². The first-order chi connectivity index (χ1) is 12.4. The molecule has 0 spiro atoms. The lowest BCUT2D eigenvalue weighted by Crippen LogP contribution is -2.11. The Morgan fingerprint density at radius 3 is 2.54 bits per heavy atom. The van der Waals surface area contributed by atoms with Crippen LogP contribution in [0, 0.1) is 0 Å². The highest BCUT2D eigenvalue weighted by atomic mass is 35.5. The monoisotopic (exact) mass is 394 g/mol. The molecule has 1 N–H and O–H groups in total. The fourth-order valence-corrected chi connectivity index (χ4v) is 3.02. The summed E-state index contributed by atoms with van der Waals surface area (Å²) >= 11 is 11.9. The lowest BCUT2D eigenvalue weighted by atomic mass is 10.1. The molecule has 1 amide bonds. The molecular formula is C17H11BCl2F2N2O2. The largest absolute Gasteiger partial charge is 0.796 e. The maximum absolute atomic E-state index is 12.9. The van der Waals surface area contributed by atoms with Gasteiger partial charge in [-0.2, -0.15) is 0 Å². The predicted octanol–water partition coefficient (Wildman–Crippen LogP) is 5.39. The molecule has 0 radical (unpaired) electrons. The number of fused-ring (bicyclic) bond motifs is 1. The first kappa shape index (κ1) is 18.4. The summed E-state index contributed by atoms with van der Waals surface area (Å²) in [6.45, 7) is 0. The van der Waals surface area contributed by atoms with Gasteiger partial charge in [0, 0.05) is 27.4 Å². The first-order valence-corrected chi connectivity index (χ1v) is 8.25. The highest BCUT2D eigenvalue weighted by Crippen LogP contribution is 2.33. The van der Waals surface area contributed by atoms with E-state index in [9.17, 15) is 13.4 Å². The molecule has 0 atom stereocenters. The van der Waals surface area contributed by atoms with Crippen molar-refractivity contribution in [2.24, 2.45) is 4.99 Å². The van der Waals surface area contributed by atoms with E-state index >= 15 is 0 Å². The number of nitrogens with zero attached hydrogens (tertiary/aromatic N) is 1. The van der Waals surface area contributed by atoms with Crippen LogP contribution >= 0.6 is 23.2 Å². The van der Waals surface area contributed by atoms with E-state index in [-0.39, 0.29) is 23.7 Å². The number of benzene rings is 2. The number of anilines is 1. The van der Waals surface area contributed by atoms with Crippen molar-refractivity contribution in [2.45, 2.75) is 6.42 Å². The van der Waals surface area contributed by atoms with Crippen molar-refractivity contribution in [3.8, 4) is 0 Å². The summed E-state index contributed by atoms with van der Waals surface area (Å²) in [7, 11) is -3.05. The van der Waals surface area contributed by atoms with E-state index in [0.717, 1.165) is 0 Å². The quantitative estimate of drug-likeness (QED) is 0.558. The zero-order valence-corrected chi connectivity index (χ0v) is 14.7. The van der Waals surface area contributed by atoms with Crippen LogP contribution in [0.15, 0.2) is 53.0 Å². The Balaban J connectivity index is 2.08. The number of amides is 1. The van der Waals surface area contributed by atoms with Crippen LogP contribution in [0.5, 0.6) is 0 Å². The summed E-state index contributed by atoms with van der Waals surface area (Å²) < 4.78 is 30.6. The van der Waals surface area contributed by atoms with E-state index in [0.29, 0.717) is 27.0 Å². The summed E-state index contributed by atoms with van der Waals surface area (Å²) in [6, 6.07) is 11.2. The van der Waals surface area contributed by atoms with Crippen LogP contribution in [0.4, 0.5) is 20.0 Å². The van der Waals surface area contributed by atoms with Gasteiger partial charge in [-0.25, -0.2) is 8.63 Å². The smallest absolute Gasteiger partial charge is 0.504 e. The number of para-hydroxylation sites is 1. The minimum absolute atomic E-state index is 0.106. The Morgan fingerprint density at radius 1 is 1.15 bits per heavy atom. The molecule has 0 bridgehead atoms. The van der Waals surface area contributed by atoms with Crippen molar-refractivity contribution in [1.82, 2.24) is 0 Å². The van der Waals surface area contributed by atoms with Gasteiger partial charge in [0.2, 0.25) is 5.91 Å². The summed E-state index contributed by atoms with van der Waals surface area (Å²) in [5, 5.41) is 3.42. The molecule has 0 saturated carbocycles. The van der Waals surface area contributed by atoms with Crippen molar-refractivity contribution in [1.29, 1.82) is 0 Å². The van der Waals surface area contributed by atoms with Gasteiger partial charge in [-0.1, -0.05) is 35.3 Å². The highest BCUT2D eigenvalue weighted by Gasteiger charge is 2.27. The first-order valence-electron chi connectivity index (χ1n) is 7.50. The van der Waals surface area contributed by atoms with Crippen LogP contribution in [-0.4, -0.2) is 19.6 Å². The average molecular weight is 395 g/mol. The molecule has 4 nitrogen and oxygen atoms in total. The van der Waals surface area contributed by atoms with Gasteiger partial charge < -0.3 is 9.97 Å². The molecule has 0 saturated heterocycles.